The minimum Gasteiger partial charge on any atom is -0.399 e. The van der Waals surface area contributed by atoms with Gasteiger partial charge in [0, 0.05) is 18.7 Å². The van der Waals surface area contributed by atoms with Crippen LogP contribution < -0.4 is 5.73 Å². The molecule has 0 aliphatic carbocycles. The Morgan fingerprint density at radius 2 is 2.17 bits per heavy atom. The van der Waals surface area contributed by atoms with Gasteiger partial charge in [0.1, 0.15) is 5.82 Å². The minimum absolute atomic E-state index is 0.264. The van der Waals surface area contributed by atoms with Crippen LogP contribution >= 0.6 is 0 Å². The number of imidazole rings is 1. The van der Waals surface area contributed by atoms with Crippen molar-refractivity contribution in [1.82, 2.24) is 9.55 Å². The topological polar surface area (TPSA) is 53.1 Å². The monoisotopic (exact) mass is 247 g/mol. The standard InChI is InChI=1S/C14H21N3O/c1-4-14-16-12-9-11(15)5-6-13(12)17(14)7-8-18-10(2)3/h5-6,9-10H,4,7-8,15H2,1-3H3. The Balaban J connectivity index is 2.29. The second-order valence-corrected chi connectivity index (χ2v) is 4.70. The second kappa shape index (κ2) is 5.40. The first-order valence-electron chi connectivity index (χ1n) is 6.48. The molecule has 2 aromatic rings. The molecule has 1 aromatic heterocycles. The highest BCUT2D eigenvalue weighted by Crippen LogP contribution is 2.19. The van der Waals surface area contributed by atoms with E-state index in [1.165, 1.54) is 0 Å². The number of benzene rings is 1. The van der Waals surface area contributed by atoms with Crippen LogP contribution in [0.4, 0.5) is 5.69 Å². The van der Waals surface area contributed by atoms with Crippen LogP contribution in [0, 0.1) is 0 Å². The Morgan fingerprint density at radius 3 is 2.83 bits per heavy atom. The van der Waals surface area contributed by atoms with Gasteiger partial charge in [-0.05, 0) is 32.0 Å². The van der Waals surface area contributed by atoms with E-state index in [0.29, 0.717) is 6.61 Å². The Kier molecular flexibility index (Phi) is 3.87. The van der Waals surface area contributed by atoms with Crippen molar-refractivity contribution >= 4 is 16.7 Å². The zero-order valence-corrected chi connectivity index (χ0v) is 11.3. The molecule has 4 nitrogen and oxygen atoms in total. The molecule has 0 bridgehead atoms. The van der Waals surface area contributed by atoms with Gasteiger partial charge >= 0.3 is 0 Å². The zero-order valence-electron chi connectivity index (χ0n) is 11.3. The lowest BCUT2D eigenvalue weighted by atomic mass is 10.3. The molecule has 1 heterocycles. The second-order valence-electron chi connectivity index (χ2n) is 4.70. The molecule has 0 aliphatic rings. The van der Waals surface area contributed by atoms with Gasteiger partial charge in [-0.1, -0.05) is 6.92 Å². The summed E-state index contributed by atoms with van der Waals surface area (Å²) in [6, 6.07) is 5.88. The predicted octanol–water partition coefficient (Wildman–Crippen LogP) is 2.61. The number of aryl methyl sites for hydroxylation is 1. The van der Waals surface area contributed by atoms with Crippen molar-refractivity contribution in [2.24, 2.45) is 0 Å². The van der Waals surface area contributed by atoms with E-state index in [-0.39, 0.29) is 6.10 Å². The molecule has 0 amide bonds. The third kappa shape index (κ3) is 2.64. The summed E-state index contributed by atoms with van der Waals surface area (Å²) in [6.45, 7) is 7.76. The molecule has 0 aliphatic heterocycles. The number of nitrogens with two attached hydrogens (primary N) is 1. The van der Waals surface area contributed by atoms with Crippen LogP contribution in [0.15, 0.2) is 18.2 Å². The normalized spacial score (nSPS) is 11.6. The van der Waals surface area contributed by atoms with Crippen LogP contribution in [0.5, 0.6) is 0 Å². The van der Waals surface area contributed by atoms with E-state index >= 15 is 0 Å². The summed E-state index contributed by atoms with van der Waals surface area (Å²) in [5.74, 6) is 1.09. The lowest BCUT2D eigenvalue weighted by Gasteiger charge is -2.11. The molecule has 1 aromatic carbocycles. The summed E-state index contributed by atoms with van der Waals surface area (Å²) >= 11 is 0. The summed E-state index contributed by atoms with van der Waals surface area (Å²) in [6.07, 6.45) is 1.18. The predicted molar refractivity (Wildman–Crippen MR) is 74.6 cm³/mol. The van der Waals surface area contributed by atoms with Crippen molar-refractivity contribution in [2.45, 2.75) is 39.8 Å². The maximum atomic E-state index is 5.79. The molecule has 0 spiro atoms. The Morgan fingerprint density at radius 1 is 1.39 bits per heavy atom. The van der Waals surface area contributed by atoms with Crippen LogP contribution in [0.3, 0.4) is 0 Å². The third-order valence-corrected chi connectivity index (χ3v) is 2.93. The van der Waals surface area contributed by atoms with Gasteiger partial charge in [0.25, 0.3) is 0 Å². The lowest BCUT2D eigenvalue weighted by molar-refractivity contribution is 0.0729. The van der Waals surface area contributed by atoms with E-state index in [9.17, 15) is 0 Å². The third-order valence-electron chi connectivity index (χ3n) is 2.93. The summed E-state index contributed by atoms with van der Waals surface area (Å²) in [5.41, 5.74) is 8.65. The van der Waals surface area contributed by atoms with Gasteiger partial charge in [-0.25, -0.2) is 4.98 Å². The van der Waals surface area contributed by atoms with Crippen LogP contribution in [-0.4, -0.2) is 22.3 Å². The zero-order chi connectivity index (χ0) is 13.1. The molecular formula is C14H21N3O. The SMILES string of the molecule is CCc1nc2cc(N)ccc2n1CCOC(C)C. The fraction of sp³-hybridized carbons (Fsp3) is 0.500. The minimum atomic E-state index is 0.264. The van der Waals surface area contributed by atoms with Gasteiger partial charge < -0.3 is 15.0 Å². The number of ether oxygens (including phenoxy) is 1. The van der Waals surface area contributed by atoms with Crippen molar-refractivity contribution in [3.63, 3.8) is 0 Å². The first-order valence-corrected chi connectivity index (χ1v) is 6.48. The average molecular weight is 247 g/mol. The number of fused-ring (bicyclic) bond motifs is 1. The van der Waals surface area contributed by atoms with Crippen LogP contribution in [0.25, 0.3) is 11.0 Å². The molecule has 2 rings (SSSR count). The van der Waals surface area contributed by atoms with Crippen molar-refractivity contribution in [3.05, 3.63) is 24.0 Å². The molecule has 4 heteroatoms. The number of rotatable bonds is 5. The summed E-state index contributed by atoms with van der Waals surface area (Å²) in [7, 11) is 0. The smallest absolute Gasteiger partial charge is 0.109 e. The molecule has 2 N–H and O–H groups in total. The average Bonchev–Trinajstić information content (AvgIpc) is 2.66. The summed E-state index contributed by atoms with van der Waals surface area (Å²) < 4.78 is 7.83. The largest absolute Gasteiger partial charge is 0.399 e. The van der Waals surface area contributed by atoms with Crippen molar-refractivity contribution in [3.8, 4) is 0 Å². The fourth-order valence-electron chi connectivity index (χ4n) is 2.10. The lowest BCUT2D eigenvalue weighted by Crippen LogP contribution is -2.12. The van der Waals surface area contributed by atoms with Gasteiger partial charge in [0.05, 0.1) is 23.7 Å². The number of anilines is 1. The molecule has 0 unspecified atom stereocenters. The van der Waals surface area contributed by atoms with E-state index < -0.39 is 0 Å². The van der Waals surface area contributed by atoms with Crippen LogP contribution in [0.1, 0.15) is 26.6 Å². The Bertz CT molecular complexity index is 531. The van der Waals surface area contributed by atoms with Crippen molar-refractivity contribution < 1.29 is 4.74 Å². The number of nitrogen functional groups attached to an aromatic ring is 1. The van der Waals surface area contributed by atoms with Crippen molar-refractivity contribution in [1.29, 1.82) is 0 Å². The van der Waals surface area contributed by atoms with E-state index in [4.69, 9.17) is 10.5 Å². The Labute approximate surface area is 108 Å². The number of hydrogen-bond donors (Lipinski definition) is 1. The maximum absolute atomic E-state index is 5.79. The first-order chi connectivity index (χ1) is 8.61. The highest BCUT2D eigenvalue weighted by molar-refractivity contribution is 5.79. The van der Waals surface area contributed by atoms with E-state index in [1.807, 2.05) is 32.0 Å². The fourth-order valence-corrected chi connectivity index (χ4v) is 2.10. The number of aromatic nitrogens is 2. The number of nitrogens with zero attached hydrogens (tertiary/aromatic N) is 2. The highest BCUT2D eigenvalue weighted by Gasteiger charge is 2.09. The van der Waals surface area contributed by atoms with Gasteiger partial charge in [-0.3, -0.25) is 0 Å². The molecule has 0 saturated carbocycles. The van der Waals surface area contributed by atoms with Crippen molar-refractivity contribution in [2.75, 3.05) is 12.3 Å². The molecule has 0 radical (unpaired) electrons. The Hall–Kier alpha value is -1.55. The summed E-state index contributed by atoms with van der Waals surface area (Å²) in [4.78, 5) is 4.62. The highest BCUT2D eigenvalue weighted by atomic mass is 16.5. The molecule has 18 heavy (non-hydrogen) atoms. The summed E-state index contributed by atoms with van der Waals surface area (Å²) in [5, 5.41) is 0. The first kappa shape index (κ1) is 12.9. The molecule has 98 valence electrons. The molecule has 0 fully saturated rings. The van der Waals surface area contributed by atoms with Crippen LogP contribution in [-0.2, 0) is 17.7 Å². The molecular weight excluding hydrogens is 226 g/mol. The van der Waals surface area contributed by atoms with Gasteiger partial charge in [0.15, 0.2) is 0 Å². The molecule has 0 atom stereocenters. The number of hydrogen-bond acceptors (Lipinski definition) is 3. The van der Waals surface area contributed by atoms with Gasteiger partial charge in [-0.2, -0.15) is 0 Å². The quantitative estimate of drug-likeness (QED) is 0.826. The van der Waals surface area contributed by atoms with Gasteiger partial charge in [0.2, 0.25) is 0 Å². The van der Waals surface area contributed by atoms with E-state index in [0.717, 1.165) is 35.5 Å². The van der Waals surface area contributed by atoms with E-state index in [1.54, 1.807) is 0 Å². The van der Waals surface area contributed by atoms with Crippen LogP contribution in [0.2, 0.25) is 0 Å². The maximum Gasteiger partial charge on any atom is 0.109 e. The van der Waals surface area contributed by atoms with E-state index in [2.05, 4.69) is 16.5 Å². The molecule has 0 saturated heterocycles. The van der Waals surface area contributed by atoms with Gasteiger partial charge in [-0.15, -0.1) is 0 Å².